The highest BCUT2D eigenvalue weighted by Gasteiger charge is 1.61. The van der Waals surface area contributed by atoms with Crippen molar-refractivity contribution >= 4 is 11.5 Å². The van der Waals surface area contributed by atoms with Crippen LogP contribution in [0.1, 0.15) is 0 Å². The maximum atomic E-state index is 4.08. The van der Waals surface area contributed by atoms with Gasteiger partial charge in [0.15, 0.2) is 0 Å². The fraction of sp³-hybridized carbons (Fsp3) is 0. The van der Waals surface area contributed by atoms with Crippen molar-refractivity contribution in [1.29, 1.82) is 0 Å². The zero-order valence-electron chi connectivity index (χ0n) is 5.04. The van der Waals surface area contributed by atoms with Crippen LogP contribution >= 0.6 is 11.5 Å². The normalized spacial score (nSPS) is 8.00. The third-order valence-electron chi connectivity index (χ3n) is 0.630. The first-order valence-electron chi connectivity index (χ1n) is 2.56. The third kappa shape index (κ3) is 2.93. The van der Waals surface area contributed by atoms with Crippen molar-refractivity contribution in [2.75, 3.05) is 0 Å². The van der Waals surface area contributed by atoms with Gasteiger partial charge in [-0.3, -0.25) is 0 Å². The standard InChI is InChI=1S/C3H3NS.C2H2N2O/c2*1-2-4-5-3-1/h1-3H;1-2H. The van der Waals surface area contributed by atoms with Gasteiger partial charge in [0.1, 0.15) is 0 Å². The molecule has 0 spiro atoms. The molecule has 0 radical (unpaired) electrons. The van der Waals surface area contributed by atoms with Crippen LogP contribution in [0.15, 0.2) is 34.7 Å². The molecule has 0 saturated carbocycles. The lowest BCUT2D eigenvalue weighted by Gasteiger charge is -1.45. The van der Waals surface area contributed by atoms with Gasteiger partial charge in [-0.15, -0.1) is 0 Å². The minimum Gasteiger partial charge on any atom is -0.245 e. The average Bonchev–Trinajstić information content (AvgIpc) is 2.67. The largest absolute Gasteiger partial charge is 0.245 e. The van der Waals surface area contributed by atoms with Crippen LogP contribution in [0, 0.1) is 0 Å². The van der Waals surface area contributed by atoms with Gasteiger partial charge in [0.2, 0.25) is 0 Å². The highest BCUT2D eigenvalue weighted by Crippen LogP contribution is 1.83. The van der Waals surface area contributed by atoms with Crippen LogP contribution < -0.4 is 0 Å². The van der Waals surface area contributed by atoms with Crippen molar-refractivity contribution in [3.63, 3.8) is 0 Å². The molecule has 2 aromatic heterocycles. The second kappa shape index (κ2) is 4.63. The molecule has 2 heterocycles. The molecule has 0 aliphatic rings. The summed E-state index contributed by atoms with van der Waals surface area (Å²) in [7, 11) is 0. The first-order chi connectivity index (χ1) is 5.00. The molecule has 0 saturated heterocycles. The van der Waals surface area contributed by atoms with Crippen molar-refractivity contribution in [3.8, 4) is 0 Å². The second-order valence-electron chi connectivity index (χ2n) is 1.28. The lowest BCUT2D eigenvalue weighted by molar-refractivity contribution is 0.307. The third-order valence-corrected chi connectivity index (χ3v) is 1.15. The van der Waals surface area contributed by atoms with E-state index >= 15 is 0 Å². The van der Waals surface area contributed by atoms with Gasteiger partial charge >= 0.3 is 0 Å². The van der Waals surface area contributed by atoms with Crippen LogP contribution in [-0.2, 0) is 0 Å². The summed E-state index contributed by atoms with van der Waals surface area (Å²) in [6, 6.07) is 1.91. The Bertz CT molecular complexity index is 156. The Morgan fingerprint density at radius 2 is 1.90 bits per heavy atom. The fourth-order valence-corrected chi connectivity index (χ4v) is 0.663. The summed E-state index contributed by atoms with van der Waals surface area (Å²) < 4.78 is 7.85. The van der Waals surface area contributed by atoms with Crippen LogP contribution in [0.25, 0.3) is 0 Å². The van der Waals surface area contributed by atoms with Gasteiger partial charge in [0.25, 0.3) is 0 Å². The molecule has 0 N–H and O–H groups in total. The molecule has 52 valence electrons. The van der Waals surface area contributed by atoms with E-state index in [2.05, 4.69) is 19.3 Å². The Morgan fingerprint density at radius 1 is 1.10 bits per heavy atom. The Kier molecular flexibility index (Phi) is 3.19. The Balaban J connectivity index is 0.0000001000. The highest BCUT2D eigenvalue weighted by atomic mass is 32.1. The smallest absolute Gasteiger partial charge is 0.0913 e. The van der Waals surface area contributed by atoms with Gasteiger partial charge in [0, 0.05) is 11.6 Å². The van der Waals surface area contributed by atoms with Crippen molar-refractivity contribution in [1.82, 2.24) is 14.7 Å². The summed E-state index contributed by atoms with van der Waals surface area (Å²) in [5, 5.41) is 8.40. The van der Waals surface area contributed by atoms with E-state index in [1.165, 1.54) is 23.9 Å². The molecule has 0 aliphatic carbocycles. The first kappa shape index (κ1) is 6.88. The summed E-state index contributed by atoms with van der Waals surface area (Å²) in [5.41, 5.74) is 0. The Hall–Kier alpha value is -1.23. The topological polar surface area (TPSA) is 51.8 Å². The maximum absolute atomic E-state index is 4.08. The van der Waals surface area contributed by atoms with E-state index in [9.17, 15) is 0 Å². The molecule has 10 heavy (non-hydrogen) atoms. The van der Waals surface area contributed by atoms with Crippen LogP contribution in [0.5, 0.6) is 0 Å². The quantitative estimate of drug-likeness (QED) is 0.573. The maximum Gasteiger partial charge on any atom is 0.0913 e. The molecular formula is C5H5N3OS. The van der Waals surface area contributed by atoms with E-state index in [1.54, 1.807) is 6.20 Å². The molecule has 0 atom stereocenters. The molecular weight excluding hydrogens is 150 g/mol. The summed E-state index contributed by atoms with van der Waals surface area (Å²) >= 11 is 1.46. The summed E-state index contributed by atoms with van der Waals surface area (Å²) in [6.45, 7) is 0. The Morgan fingerprint density at radius 3 is 2.10 bits per heavy atom. The zero-order chi connectivity index (χ0) is 7.07. The number of hydrogen-bond donors (Lipinski definition) is 0. The number of rotatable bonds is 0. The number of aromatic nitrogens is 3. The van der Waals surface area contributed by atoms with E-state index in [1.807, 2.05) is 11.4 Å². The SMILES string of the molecule is c1cnon1.c1cnsc1. The van der Waals surface area contributed by atoms with Crippen molar-refractivity contribution in [2.45, 2.75) is 0 Å². The lowest BCUT2D eigenvalue weighted by atomic mass is 10.8. The molecule has 0 bridgehead atoms. The van der Waals surface area contributed by atoms with E-state index in [0.717, 1.165) is 0 Å². The predicted molar refractivity (Wildman–Crippen MR) is 36.4 cm³/mol. The van der Waals surface area contributed by atoms with Gasteiger partial charge in [0.05, 0.1) is 12.4 Å². The van der Waals surface area contributed by atoms with Gasteiger partial charge in [-0.25, -0.2) is 9.00 Å². The zero-order valence-corrected chi connectivity index (χ0v) is 5.86. The van der Waals surface area contributed by atoms with Gasteiger partial charge in [-0.2, -0.15) is 0 Å². The van der Waals surface area contributed by atoms with Crippen molar-refractivity contribution in [2.24, 2.45) is 0 Å². The fourth-order valence-electron chi connectivity index (χ4n) is 0.312. The lowest BCUT2D eigenvalue weighted by Crippen LogP contribution is -1.44. The molecule has 0 aromatic carbocycles. The molecule has 5 heteroatoms. The van der Waals surface area contributed by atoms with Gasteiger partial charge in [-0.1, -0.05) is 10.3 Å². The van der Waals surface area contributed by atoms with E-state index in [0.29, 0.717) is 0 Å². The highest BCUT2D eigenvalue weighted by molar-refractivity contribution is 7.03. The van der Waals surface area contributed by atoms with Crippen LogP contribution in [0.4, 0.5) is 0 Å². The molecule has 0 aliphatic heterocycles. The second-order valence-corrected chi connectivity index (χ2v) is 1.97. The Labute approximate surface area is 61.6 Å². The van der Waals surface area contributed by atoms with Gasteiger partial charge < -0.3 is 0 Å². The monoisotopic (exact) mass is 155 g/mol. The molecule has 2 aromatic rings. The van der Waals surface area contributed by atoms with E-state index in [4.69, 9.17) is 0 Å². The van der Waals surface area contributed by atoms with Crippen LogP contribution in [0.2, 0.25) is 0 Å². The molecule has 2 rings (SSSR count). The summed E-state index contributed by atoms with van der Waals surface area (Å²) in [6.07, 6.45) is 4.71. The molecule has 0 unspecified atom stereocenters. The number of hydrogen-bond acceptors (Lipinski definition) is 5. The number of nitrogens with zero attached hydrogens (tertiary/aromatic N) is 3. The van der Waals surface area contributed by atoms with Crippen molar-refractivity contribution in [3.05, 3.63) is 30.0 Å². The van der Waals surface area contributed by atoms with Crippen molar-refractivity contribution < 1.29 is 4.63 Å². The molecule has 0 amide bonds. The predicted octanol–water partition coefficient (Wildman–Crippen LogP) is 1.21. The summed E-state index contributed by atoms with van der Waals surface area (Å²) in [5.74, 6) is 0. The van der Waals surface area contributed by atoms with E-state index < -0.39 is 0 Å². The van der Waals surface area contributed by atoms with Crippen LogP contribution in [-0.4, -0.2) is 14.7 Å². The minimum absolute atomic E-state index is 1.46. The van der Waals surface area contributed by atoms with E-state index in [-0.39, 0.29) is 0 Å². The minimum atomic E-state index is 1.46. The average molecular weight is 155 g/mol. The van der Waals surface area contributed by atoms with Crippen LogP contribution in [0.3, 0.4) is 0 Å². The molecule has 4 nitrogen and oxygen atoms in total. The first-order valence-corrected chi connectivity index (χ1v) is 3.39. The molecule has 0 fully saturated rings. The van der Waals surface area contributed by atoms with Gasteiger partial charge in [-0.05, 0) is 17.6 Å². The summed E-state index contributed by atoms with van der Waals surface area (Å²) in [4.78, 5) is 0.